The summed E-state index contributed by atoms with van der Waals surface area (Å²) in [6.07, 6.45) is -0.721. The fraction of sp³-hybridized carbons (Fsp3) is 0.333. The number of aliphatic hydroxyl groups excluding tert-OH is 1. The number of rotatable bonds is 9. The Kier molecular flexibility index (Phi) is 8.45. The topological polar surface area (TPSA) is 94.1 Å². The van der Waals surface area contributed by atoms with E-state index in [1.165, 1.54) is 32.4 Å². The van der Waals surface area contributed by atoms with Crippen molar-refractivity contribution >= 4 is 23.5 Å². The van der Waals surface area contributed by atoms with Crippen LogP contribution in [0, 0.1) is 0 Å². The quantitative estimate of drug-likeness (QED) is 0.601. The molecule has 2 aromatic rings. The fourth-order valence-corrected chi connectivity index (χ4v) is 2.79. The van der Waals surface area contributed by atoms with Crippen LogP contribution < -0.4 is 10.1 Å². The van der Waals surface area contributed by atoms with E-state index in [-0.39, 0.29) is 29.5 Å². The van der Waals surface area contributed by atoms with Crippen LogP contribution in [0.25, 0.3) is 0 Å². The predicted molar refractivity (Wildman–Crippen MR) is 108 cm³/mol. The van der Waals surface area contributed by atoms with Gasteiger partial charge in [0, 0.05) is 17.6 Å². The molecule has 156 valence electrons. The summed E-state index contributed by atoms with van der Waals surface area (Å²) in [5.74, 6) is -0.900. The number of benzene rings is 2. The van der Waals surface area contributed by atoms with Gasteiger partial charge in [-0.2, -0.15) is 0 Å². The summed E-state index contributed by atoms with van der Waals surface area (Å²) in [7, 11) is 2.51. The van der Waals surface area contributed by atoms with Gasteiger partial charge in [0.25, 0.3) is 0 Å². The number of hydrogen-bond acceptors (Lipinski definition) is 7. The maximum Gasteiger partial charge on any atom is 0.341 e. The number of ether oxygens (including phenoxy) is 3. The SMILES string of the molecule is COC(=O)c1ccc(OCC(C)NCC(O)c2cccc(Cl)c2)c(C(=O)OC)c1. The van der Waals surface area contributed by atoms with Crippen molar-refractivity contribution in [3.8, 4) is 5.75 Å². The molecule has 8 heteroatoms. The highest BCUT2D eigenvalue weighted by Crippen LogP contribution is 2.22. The first kappa shape index (κ1) is 22.7. The highest BCUT2D eigenvalue weighted by atomic mass is 35.5. The molecule has 7 nitrogen and oxygen atoms in total. The Bertz CT molecular complexity index is 857. The van der Waals surface area contributed by atoms with E-state index in [0.717, 1.165) is 0 Å². The lowest BCUT2D eigenvalue weighted by molar-refractivity contribution is 0.0594. The molecule has 0 aromatic heterocycles. The molecular formula is C21H24ClNO6. The zero-order valence-corrected chi connectivity index (χ0v) is 17.2. The summed E-state index contributed by atoms with van der Waals surface area (Å²) in [4.78, 5) is 23.7. The monoisotopic (exact) mass is 421 g/mol. The highest BCUT2D eigenvalue weighted by molar-refractivity contribution is 6.30. The minimum atomic E-state index is -0.721. The first-order chi connectivity index (χ1) is 13.8. The van der Waals surface area contributed by atoms with Crippen molar-refractivity contribution < 1.29 is 28.9 Å². The summed E-state index contributed by atoms with van der Waals surface area (Å²) in [5.41, 5.74) is 1.06. The van der Waals surface area contributed by atoms with Gasteiger partial charge in [-0.3, -0.25) is 0 Å². The van der Waals surface area contributed by atoms with Crippen molar-refractivity contribution in [1.29, 1.82) is 0 Å². The van der Waals surface area contributed by atoms with Crippen LogP contribution in [-0.2, 0) is 9.47 Å². The van der Waals surface area contributed by atoms with Gasteiger partial charge in [-0.15, -0.1) is 0 Å². The Morgan fingerprint density at radius 2 is 1.83 bits per heavy atom. The fourth-order valence-electron chi connectivity index (χ4n) is 2.59. The van der Waals surface area contributed by atoms with E-state index >= 15 is 0 Å². The molecule has 0 saturated carbocycles. The van der Waals surface area contributed by atoms with Gasteiger partial charge in [0.05, 0.1) is 25.9 Å². The number of nitrogens with one attached hydrogen (secondary N) is 1. The van der Waals surface area contributed by atoms with E-state index in [0.29, 0.717) is 17.1 Å². The van der Waals surface area contributed by atoms with Gasteiger partial charge in [0.15, 0.2) is 0 Å². The molecule has 2 aromatic carbocycles. The van der Waals surface area contributed by atoms with E-state index in [9.17, 15) is 14.7 Å². The molecule has 0 bridgehead atoms. The Morgan fingerprint density at radius 1 is 1.10 bits per heavy atom. The molecule has 2 N–H and O–H groups in total. The van der Waals surface area contributed by atoms with Gasteiger partial charge in [0.1, 0.15) is 17.9 Å². The highest BCUT2D eigenvalue weighted by Gasteiger charge is 2.18. The summed E-state index contributed by atoms with van der Waals surface area (Å²) >= 11 is 5.94. The normalized spacial score (nSPS) is 12.7. The molecule has 0 aliphatic rings. The van der Waals surface area contributed by atoms with Crippen LogP contribution >= 0.6 is 11.6 Å². The van der Waals surface area contributed by atoms with Crippen molar-refractivity contribution in [2.24, 2.45) is 0 Å². The first-order valence-electron chi connectivity index (χ1n) is 8.96. The second-order valence-corrected chi connectivity index (χ2v) is 6.82. The second-order valence-electron chi connectivity index (χ2n) is 6.39. The van der Waals surface area contributed by atoms with Gasteiger partial charge in [-0.1, -0.05) is 23.7 Å². The largest absolute Gasteiger partial charge is 0.491 e. The predicted octanol–water partition coefficient (Wildman–Crippen LogP) is 3.00. The maximum atomic E-state index is 12.0. The number of carbonyl (C=O) groups excluding carboxylic acids is 2. The number of hydrogen-bond donors (Lipinski definition) is 2. The summed E-state index contributed by atoms with van der Waals surface area (Å²) in [6, 6.07) is 11.3. The van der Waals surface area contributed by atoms with Crippen molar-refractivity contribution in [3.05, 3.63) is 64.2 Å². The van der Waals surface area contributed by atoms with E-state index < -0.39 is 18.0 Å². The second kappa shape index (κ2) is 10.8. The van der Waals surface area contributed by atoms with E-state index in [1.54, 1.807) is 24.3 Å². The first-order valence-corrected chi connectivity index (χ1v) is 9.34. The van der Waals surface area contributed by atoms with Gasteiger partial charge < -0.3 is 24.6 Å². The number of carbonyl (C=O) groups is 2. The molecular weight excluding hydrogens is 398 g/mol. The summed E-state index contributed by atoms with van der Waals surface area (Å²) in [5, 5.41) is 14.0. The number of aliphatic hydroxyl groups is 1. The molecule has 0 amide bonds. The molecule has 0 fully saturated rings. The van der Waals surface area contributed by atoms with Gasteiger partial charge in [0.2, 0.25) is 0 Å². The van der Waals surface area contributed by atoms with E-state index in [4.69, 9.17) is 21.1 Å². The molecule has 0 aliphatic carbocycles. The number of esters is 2. The molecule has 29 heavy (non-hydrogen) atoms. The van der Waals surface area contributed by atoms with Gasteiger partial charge in [-0.05, 0) is 42.8 Å². The lowest BCUT2D eigenvalue weighted by Gasteiger charge is -2.19. The van der Waals surface area contributed by atoms with Gasteiger partial charge >= 0.3 is 11.9 Å². The van der Waals surface area contributed by atoms with Crippen LogP contribution in [0.5, 0.6) is 5.75 Å². The Morgan fingerprint density at radius 3 is 2.48 bits per heavy atom. The number of halogens is 1. The molecule has 0 heterocycles. The summed E-state index contributed by atoms with van der Waals surface area (Å²) in [6.45, 7) is 2.41. The average molecular weight is 422 g/mol. The molecule has 0 aliphatic heterocycles. The zero-order valence-electron chi connectivity index (χ0n) is 16.5. The molecule has 0 radical (unpaired) electrons. The van der Waals surface area contributed by atoms with Gasteiger partial charge in [-0.25, -0.2) is 9.59 Å². The van der Waals surface area contributed by atoms with E-state index in [1.807, 2.05) is 6.92 Å². The molecule has 2 unspecified atom stereocenters. The van der Waals surface area contributed by atoms with Crippen LogP contribution in [0.15, 0.2) is 42.5 Å². The van der Waals surface area contributed by atoms with E-state index in [2.05, 4.69) is 10.1 Å². The molecule has 2 atom stereocenters. The lowest BCUT2D eigenvalue weighted by atomic mass is 10.1. The summed E-state index contributed by atoms with van der Waals surface area (Å²) < 4.78 is 15.2. The third-order valence-electron chi connectivity index (χ3n) is 4.19. The molecule has 0 saturated heterocycles. The average Bonchev–Trinajstić information content (AvgIpc) is 2.74. The van der Waals surface area contributed by atoms with Crippen molar-refractivity contribution in [2.75, 3.05) is 27.4 Å². The van der Waals surface area contributed by atoms with Crippen LogP contribution in [0.4, 0.5) is 0 Å². The third kappa shape index (κ3) is 6.45. The van der Waals surface area contributed by atoms with Crippen LogP contribution in [0.3, 0.4) is 0 Å². The molecule has 2 rings (SSSR count). The third-order valence-corrected chi connectivity index (χ3v) is 4.42. The van der Waals surface area contributed by atoms with Crippen LogP contribution in [-0.4, -0.2) is 50.5 Å². The minimum absolute atomic E-state index is 0.126. The standard InChI is InChI=1S/C21H24ClNO6/c1-13(23-11-18(24)14-5-4-6-16(22)9-14)12-29-19-8-7-15(20(25)27-2)10-17(19)21(26)28-3/h4-10,13,18,23-24H,11-12H2,1-3H3. The smallest absolute Gasteiger partial charge is 0.341 e. The number of methoxy groups -OCH3 is 2. The lowest BCUT2D eigenvalue weighted by Crippen LogP contribution is -2.35. The molecule has 0 spiro atoms. The van der Waals surface area contributed by atoms with Crippen molar-refractivity contribution in [1.82, 2.24) is 5.32 Å². The Balaban J connectivity index is 1.97. The van der Waals surface area contributed by atoms with Crippen LogP contribution in [0.2, 0.25) is 5.02 Å². The van der Waals surface area contributed by atoms with Crippen molar-refractivity contribution in [3.63, 3.8) is 0 Å². The maximum absolute atomic E-state index is 12.0. The zero-order chi connectivity index (χ0) is 21.4. The Hall–Kier alpha value is -2.61. The Labute approximate surface area is 174 Å². The minimum Gasteiger partial charge on any atom is -0.491 e. The van der Waals surface area contributed by atoms with Crippen LogP contribution in [0.1, 0.15) is 39.3 Å². The van der Waals surface area contributed by atoms with Crippen molar-refractivity contribution in [2.45, 2.75) is 19.1 Å².